The van der Waals surface area contributed by atoms with E-state index in [0.29, 0.717) is 5.78 Å². The van der Waals surface area contributed by atoms with Gasteiger partial charge in [-0.25, -0.2) is 0 Å². The Balaban J connectivity index is 2.92. The van der Waals surface area contributed by atoms with Gasteiger partial charge in [0.2, 0.25) is 0 Å². The van der Waals surface area contributed by atoms with E-state index in [-0.39, 0.29) is 10.8 Å². The van der Waals surface area contributed by atoms with Gasteiger partial charge in [0.15, 0.2) is 0 Å². The van der Waals surface area contributed by atoms with Crippen molar-refractivity contribution in [2.45, 2.75) is 46.0 Å². The molecule has 1 rings (SSSR count). The number of carbonyl (C=O) groups excluding carboxylic acids is 1. The maximum atomic E-state index is 12.5. The number of rotatable bonds is 4. The number of hydrogen-bond donors (Lipinski definition) is 0. The van der Waals surface area contributed by atoms with Crippen molar-refractivity contribution in [3.8, 4) is 0 Å². The quantitative estimate of drug-likeness (QED) is 0.637. The molecule has 0 aromatic carbocycles. The standard InChI is InChI=1S/C14H22O/c1-5-8-13(3)10-7-11-14(4,9-6-2)12(13)15/h5-6H,1-2,7-11H2,3-4H3/t13-,14+. The van der Waals surface area contributed by atoms with Crippen LogP contribution in [0.25, 0.3) is 0 Å². The highest BCUT2D eigenvalue weighted by molar-refractivity contribution is 5.90. The van der Waals surface area contributed by atoms with Crippen LogP contribution in [-0.2, 0) is 4.79 Å². The molecule has 1 heteroatoms. The Hall–Kier alpha value is -0.850. The van der Waals surface area contributed by atoms with Crippen molar-refractivity contribution in [2.75, 3.05) is 0 Å². The fourth-order valence-corrected chi connectivity index (χ4v) is 2.85. The molecule has 0 N–H and O–H groups in total. The summed E-state index contributed by atoms with van der Waals surface area (Å²) in [4.78, 5) is 12.5. The highest BCUT2D eigenvalue weighted by Crippen LogP contribution is 2.46. The highest BCUT2D eigenvalue weighted by Gasteiger charge is 2.46. The van der Waals surface area contributed by atoms with Crippen LogP contribution < -0.4 is 0 Å². The van der Waals surface area contributed by atoms with E-state index in [0.717, 1.165) is 32.1 Å². The number of carbonyl (C=O) groups is 1. The predicted octanol–water partition coefficient (Wildman–Crippen LogP) is 3.90. The molecule has 1 aliphatic carbocycles. The predicted molar refractivity (Wildman–Crippen MR) is 64.7 cm³/mol. The van der Waals surface area contributed by atoms with E-state index in [1.807, 2.05) is 12.2 Å². The molecule has 0 radical (unpaired) electrons. The lowest BCUT2D eigenvalue weighted by atomic mass is 9.60. The van der Waals surface area contributed by atoms with Gasteiger partial charge in [0.05, 0.1) is 0 Å². The molecule has 0 unspecified atom stereocenters. The van der Waals surface area contributed by atoms with E-state index in [2.05, 4.69) is 27.0 Å². The van der Waals surface area contributed by atoms with Crippen molar-refractivity contribution < 1.29 is 4.79 Å². The van der Waals surface area contributed by atoms with Crippen molar-refractivity contribution in [2.24, 2.45) is 10.8 Å². The van der Waals surface area contributed by atoms with Gasteiger partial charge in [0, 0.05) is 10.8 Å². The van der Waals surface area contributed by atoms with E-state index in [1.165, 1.54) is 0 Å². The minimum Gasteiger partial charge on any atom is -0.298 e. The maximum Gasteiger partial charge on any atom is 0.145 e. The molecule has 0 aliphatic heterocycles. The monoisotopic (exact) mass is 206 g/mol. The summed E-state index contributed by atoms with van der Waals surface area (Å²) in [6, 6.07) is 0. The topological polar surface area (TPSA) is 17.1 Å². The Labute approximate surface area is 93.3 Å². The van der Waals surface area contributed by atoms with Gasteiger partial charge in [-0.1, -0.05) is 32.4 Å². The first-order chi connectivity index (χ1) is 6.98. The molecule has 0 heterocycles. The summed E-state index contributed by atoms with van der Waals surface area (Å²) in [6.07, 6.45) is 8.50. The minimum absolute atomic E-state index is 0.183. The van der Waals surface area contributed by atoms with Gasteiger partial charge in [0.25, 0.3) is 0 Å². The molecular weight excluding hydrogens is 184 g/mol. The summed E-state index contributed by atoms with van der Waals surface area (Å²) in [5.41, 5.74) is -0.366. The van der Waals surface area contributed by atoms with Gasteiger partial charge < -0.3 is 0 Å². The van der Waals surface area contributed by atoms with E-state index in [1.54, 1.807) is 0 Å². The van der Waals surface area contributed by atoms with Crippen molar-refractivity contribution in [1.29, 1.82) is 0 Å². The zero-order valence-corrected chi connectivity index (χ0v) is 10.0. The summed E-state index contributed by atoms with van der Waals surface area (Å²) in [6.45, 7) is 11.7. The Morgan fingerprint density at radius 1 is 1.13 bits per heavy atom. The molecule has 0 saturated heterocycles. The molecule has 0 amide bonds. The second-order valence-corrected chi connectivity index (χ2v) is 5.29. The molecule has 1 saturated carbocycles. The molecule has 0 spiro atoms. The molecule has 2 atom stereocenters. The van der Waals surface area contributed by atoms with Crippen LogP contribution in [0.5, 0.6) is 0 Å². The van der Waals surface area contributed by atoms with Crippen LogP contribution in [-0.4, -0.2) is 5.78 Å². The lowest BCUT2D eigenvalue weighted by Gasteiger charge is -2.42. The second kappa shape index (κ2) is 4.34. The maximum absolute atomic E-state index is 12.5. The lowest BCUT2D eigenvalue weighted by Crippen LogP contribution is -2.43. The summed E-state index contributed by atoms with van der Waals surface area (Å²) in [5, 5.41) is 0. The Morgan fingerprint density at radius 2 is 1.53 bits per heavy atom. The summed E-state index contributed by atoms with van der Waals surface area (Å²) >= 11 is 0. The molecule has 0 bridgehead atoms. The fraction of sp³-hybridized carbons (Fsp3) is 0.643. The zero-order chi connectivity index (χ0) is 11.5. The molecule has 0 aromatic rings. The van der Waals surface area contributed by atoms with Crippen LogP contribution in [0, 0.1) is 10.8 Å². The van der Waals surface area contributed by atoms with Gasteiger partial charge in [-0.2, -0.15) is 0 Å². The Bertz CT molecular complexity index is 253. The summed E-state index contributed by atoms with van der Waals surface area (Å²) < 4.78 is 0. The van der Waals surface area contributed by atoms with E-state index in [9.17, 15) is 4.79 Å². The van der Waals surface area contributed by atoms with Gasteiger partial charge in [-0.05, 0) is 25.7 Å². The Kier molecular flexibility index (Phi) is 3.54. The highest BCUT2D eigenvalue weighted by atomic mass is 16.1. The molecule has 84 valence electrons. The van der Waals surface area contributed by atoms with Crippen LogP contribution in [0.1, 0.15) is 46.0 Å². The second-order valence-electron chi connectivity index (χ2n) is 5.29. The van der Waals surface area contributed by atoms with Crippen LogP contribution in [0.4, 0.5) is 0 Å². The summed E-state index contributed by atoms with van der Waals surface area (Å²) in [7, 11) is 0. The third kappa shape index (κ3) is 2.22. The first-order valence-corrected chi connectivity index (χ1v) is 5.75. The van der Waals surface area contributed by atoms with Crippen LogP contribution in [0.15, 0.2) is 25.3 Å². The van der Waals surface area contributed by atoms with E-state index >= 15 is 0 Å². The molecule has 0 aromatic heterocycles. The zero-order valence-electron chi connectivity index (χ0n) is 10.0. The molecule has 15 heavy (non-hydrogen) atoms. The first kappa shape index (κ1) is 12.2. The Morgan fingerprint density at radius 3 is 1.87 bits per heavy atom. The fourth-order valence-electron chi connectivity index (χ4n) is 2.85. The number of allylic oxidation sites excluding steroid dienone is 2. The molecule has 1 aliphatic rings. The van der Waals surface area contributed by atoms with Gasteiger partial charge in [0.1, 0.15) is 5.78 Å². The van der Waals surface area contributed by atoms with Crippen molar-refractivity contribution >= 4 is 5.78 Å². The number of hydrogen-bond acceptors (Lipinski definition) is 1. The van der Waals surface area contributed by atoms with Gasteiger partial charge >= 0.3 is 0 Å². The number of Topliss-reactive ketones (excluding diaryl/α,β-unsaturated/α-hetero) is 1. The molecule has 1 nitrogen and oxygen atoms in total. The van der Waals surface area contributed by atoms with Crippen molar-refractivity contribution in [3.05, 3.63) is 25.3 Å². The third-order valence-electron chi connectivity index (χ3n) is 3.74. The largest absolute Gasteiger partial charge is 0.298 e. The lowest BCUT2D eigenvalue weighted by molar-refractivity contribution is -0.141. The van der Waals surface area contributed by atoms with E-state index < -0.39 is 0 Å². The average Bonchev–Trinajstić information content (AvgIpc) is 2.15. The van der Waals surface area contributed by atoms with Crippen molar-refractivity contribution in [1.82, 2.24) is 0 Å². The molecule has 1 fully saturated rings. The van der Waals surface area contributed by atoms with Crippen LogP contribution in [0.3, 0.4) is 0 Å². The van der Waals surface area contributed by atoms with Gasteiger partial charge in [-0.15, -0.1) is 13.2 Å². The smallest absolute Gasteiger partial charge is 0.145 e. The van der Waals surface area contributed by atoms with Crippen molar-refractivity contribution in [3.63, 3.8) is 0 Å². The SMILES string of the molecule is C=CC[C@@]1(C)CCC[C@@](C)(CC=C)C1=O. The van der Waals surface area contributed by atoms with Crippen LogP contribution >= 0.6 is 0 Å². The van der Waals surface area contributed by atoms with Gasteiger partial charge in [-0.3, -0.25) is 4.79 Å². The average molecular weight is 206 g/mol. The van der Waals surface area contributed by atoms with E-state index in [4.69, 9.17) is 0 Å². The van der Waals surface area contributed by atoms with Crippen LogP contribution in [0.2, 0.25) is 0 Å². The first-order valence-electron chi connectivity index (χ1n) is 5.75. The normalized spacial score (nSPS) is 36.3. The third-order valence-corrected chi connectivity index (χ3v) is 3.74. The minimum atomic E-state index is -0.183. The number of ketones is 1. The molecular formula is C14H22O. The summed E-state index contributed by atoms with van der Waals surface area (Å²) in [5.74, 6) is 0.404.